The highest BCUT2D eigenvalue weighted by Crippen LogP contribution is 2.35. The first-order valence-electron chi connectivity index (χ1n) is 10.4. The first-order chi connectivity index (χ1) is 16.5. The lowest BCUT2D eigenvalue weighted by Crippen LogP contribution is -2.30. The van der Waals surface area contributed by atoms with Crippen molar-refractivity contribution >= 4 is 24.0 Å². The van der Waals surface area contributed by atoms with Crippen molar-refractivity contribution in [1.29, 1.82) is 0 Å². The molecule has 2 aromatic heterocycles. The summed E-state index contributed by atoms with van der Waals surface area (Å²) in [5.41, 5.74) is 0.575. The number of ether oxygens (including phenoxy) is 1. The molecule has 0 saturated carbocycles. The summed E-state index contributed by atoms with van der Waals surface area (Å²) in [5, 5.41) is 2.47. The number of halogens is 3. The third kappa shape index (κ3) is 4.44. The highest BCUT2D eigenvalue weighted by atomic mass is 19.4. The fraction of sp³-hybridized carbons (Fsp3) is 0.208. The molecule has 0 bridgehead atoms. The zero-order chi connectivity index (χ0) is 25.5. The lowest BCUT2D eigenvalue weighted by Gasteiger charge is -2.16. The van der Waals surface area contributed by atoms with Gasteiger partial charge in [0, 0.05) is 11.4 Å². The van der Waals surface area contributed by atoms with Crippen molar-refractivity contribution in [2.45, 2.75) is 26.6 Å². The van der Waals surface area contributed by atoms with Gasteiger partial charge in [-0.1, -0.05) is 12.1 Å². The molecule has 8 nitrogen and oxygen atoms in total. The summed E-state index contributed by atoms with van der Waals surface area (Å²) < 4.78 is 52.0. The molecule has 1 N–H and O–H groups in total. The molecule has 0 spiro atoms. The zero-order valence-electron chi connectivity index (χ0n) is 18.9. The van der Waals surface area contributed by atoms with Crippen LogP contribution in [0.1, 0.15) is 38.8 Å². The van der Waals surface area contributed by atoms with Crippen LogP contribution in [0, 0.1) is 13.8 Å². The molecular weight excluding hydrogens is 467 g/mol. The van der Waals surface area contributed by atoms with Crippen molar-refractivity contribution in [2.75, 3.05) is 7.11 Å². The maximum absolute atomic E-state index is 13.6. The number of hydrogen-bond donors (Lipinski definition) is 1. The van der Waals surface area contributed by atoms with Crippen LogP contribution in [-0.2, 0) is 22.3 Å². The number of alkyl halides is 3. The van der Waals surface area contributed by atoms with Gasteiger partial charge in [-0.3, -0.25) is 9.69 Å². The Balaban J connectivity index is 1.63. The Hall–Kier alpha value is -4.28. The number of esters is 1. The van der Waals surface area contributed by atoms with Crippen molar-refractivity contribution in [1.82, 2.24) is 14.8 Å². The molecule has 0 atom stereocenters. The summed E-state index contributed by atoms with van der Waals surface area (Å²) >= 11 is 0. The molecule has 0 unspecified atom stereocenters. The molecule has 11 heteroatoms. The number of nitrogens with one attached hydrogen (secondary N) is 1. The van der Waals surface area contributed by atoms with E-state index in [9.17, 15) is 27.6 Å². The Labute approximate surface area is 197 Å². The van der Waals surface area contributed by atoms with Crippen LogP contribution in [0.25, 0.3) is 11.8 Å². The number of urea groups is 1. The number of para-hydroxylation sites is 1. The van der Waals surface area contributed by atoms with Gasteiger partial charge in [0.05, 0.1) is 24.9 Å². The Morgan fingerprint density at radius 3 is 2.54 bits per heavy atom. The maximum atomic E-state index is 13.6. The normalized spacial score (nSPS) is 15.1. The van der Waals surface area contributed by atoms with Gasteiger partial charge in [-0.05, 0) is 55.8 Å². The lowest BCUT2D eigenvalue weighted by atomic mass is 10.1. The number of carbonyl (C=O) groups excluding carboxylic acids is 3. The van der Waals surface area contributed by atoms with E-state index in [4.69, 9.17) is 4.42 Å². The minimum atomic E-state index is -4.55. The van der Waals surface area contributed by atoms with Gasteiger partial charge < -0.3 is 19.0 Å². The average molecular weight is 487 g/mol. The minimum absolute atomic E-state index is 0.0395. The summed E-state index contributed by atoms with van der Waals surface area (Å²) in [6.45, 7) is 3.05. The van der Waals surface area contributed by atoms with Crippen LogP contribution in [0.5, 0.6) is 0 Å². The highest BCUT2D eigenvalue weighted by Gasteiger charge is 2.36. The number of carbonyl (C=O) groups is 3. The van der Waals surface area contributed by atoms with Crippen LogP contribution in [0.3, 0.4) is 0 Å². The largest absolute Gasteiger partial charge is 0.463 e. The van der Waals surface area contributed by atoms with Crippen LogP contribution in [0.2, 0.25) is 0 Å². The number of rotatable bonds is 5. The predicted octanol–water partition coefficient (Wildman–Crippen LogP) is 4.59. The molecular formula is C24H20F3N3O5. The smallest absolute Gasteiger partial charge is 0.418 e. The van der Waals surface area contributed by atoms with Crippen molar-refractivity contribution in [3.05, 3.63) is 82.2 Å². The van der Waals surface area contributed by atoms with E-state index in [0.29, 0.717) is 17.0 Å². The molecule has 4 rings (SSSR count). The van der Waals surface area contributed by atoms with E-state index >= 15 is 0 Å². The maximum Gasteiger partial charge on any atom is 0.418 e. The van der Waals surface area contributed by atoms with Crippen molar-refractivity contribution < 1.29 is 36.7 Å². The summed E-state index contributed by atoms with van der Waals surface area (Å²) in [6.07, 6.45) is -3.13. The molecule has 35 heavy (non-hydrogen) atoms. The monoisotopic (exact) mass is 487 g/mol. The Bertz CT molecular complexity index is 1370. The standard InChI is InChI=1S/C24H20F3N3O5/c1-13-10-15(14(2)30(13)19-7-5-4-6-17(19)24(25,26)27)11-18-21(31)29(23(33)28-18)12-16-8-9-20(35-16)22(32)34-3/h4-11H,12H2,1-3H3,(H,28,33). The second kappa shape index (κ2) is 8.82. The number of imide groups is 1. The first kappa shape index (κ1) is 23.9. The molecule has 1 aliphatic heterocycles. The van der Waals surface area contributed by atoms with Gasteiger partial charge in [0.15, 0.2) is 0 Å². The number of benzene rings is 1. The lowest BCUT2D eigenvalue weighted by molar-refractivity contribution is -0.137. The van der Waals surface area contributed by atoms with E-state index in [1.54, 1.807) is 19.9 Å². The number of nitrogens with zero attached hydrogens (tertiary/aromatic N) is 2. The van der Waals surface area contributed by atoms with E-state index < -0.39 is 29.6 Å². The van der Waals surface area contributed by atoms with Gasteiger partial charge in [-0.2, -0.15) is 13.2 Å². The molecule has 182 valence electrons. The summed E-state index contributed by atoms with van der Waals surface area (Å²) in [4.78, 5) is 37.7. The number of methoxy groups -OCH3 is 1. The van der Waals surface area contributed by atoms with Gasteiger partial charge in [0.25, 0.3) is 5.91 Å². The molecule has 0 radical (unpaired) electrons. The van der Waals surface area contributed by atoms with Gasteiger partial charge in [-0.25, -0.2) is 9.59 Å². The second-order valence-electron chi connectivity index (χ2n) is 7.81. The third-order valence-corrected chi connectivity index (χ3v) is 5.54. The number of aromatic nitrogens is 1. The molecule has 1 aromatic carbocycles. The summed E-state index contributed by atoms with van der Waals surface area (Å²) in [5.74, 6) is -1.23. The van der Waals surface area contributed by atoms with Crippen molar-refractivity contribution in [2.24, 2.45) is 0 Å². The van der Waals surface area contributed by atoms with Crippen molar-refractivity contribution in [3.8, 4) is 5.69 Å². The first-order valence-corrected chi connectivity index (χ1v) is 10.4. The Morgan fingerprint density at radius 1 is 1.14 bits per heavy atom. The summed E-state index contributed by atoms with van der Waals surface area (Å²) in [7, 11) is 1.19. The van der Waals surface area contributed by atoms with Crippen molar-refractivity contribution in [3.63, 3.8) is 0 Å². The number of hydrogen-bond acceptors (Lipinski definition) is 5. The van der Waals surface area contributed by atoms with Crippen LogP contribution < -0.4 is 5.32 Å². The molecule has 1 aliphatic rings. The average Bonchev–Trinajstić information content (AvgIpc) is 3.46. The molecule has 3 amide bonds. The van der Waals surface area contributed by atoms with E-state index in [1.165, 1.54) is 48.1 Å². The number of aryl methyl sites for hydroxylation is 1. The molecule has 1 fully saturated rings. The van der Waals surface area contributed by atoms with E-state index in [1.807, 2.05) is 0 Å². The minimum Gasteiger partial charge on any atom is -0.463 e. The third-order valence-electron chi connectivity index (χ3n) is 5.54. The quantitative estimate of drug-likeness (QED) is 0.323. The fourth-order valence-electron chi connectivity index (χ4n) is 3.91. The Morgan fingerprint density at radius 2 is 1.86 bits per heavy atom. The van der Waals surface area contributed by atoms with Crippen LogP contribution in [0.15, 0.2) is 52.6 Å². The van der Waals surface area contributed by atoms with Crippen LogP contribution in [-0.4, -0.2) is 34.5 Å². The molecule has 0 aliphatic carbocycles. The highest BCUT2D eigenvalue weighted by molar-refractivity contribution is 6.13. The molecule has 1 saturated heterocycles. The fourth-order valence-corrected chi connectivity index (χ4v) is 3.91. The number of amides is 3. The van der Waals surface area contributed by atoms with Crippen LogP contribution in [0.4, 0.5) is 18.0 Å². The SMILES string of the molecule is COC(=O)c1ccc(CN2C(=O)NC(=Cc3cc(C)n(-c4ccccc4C(F)(F)F)c3C)C2=O)o1. The van der Waals surface area contributed by atoms with Gasteiger partial charge in [0.1, 0.15) is 11.5 Å². The zero-order valence-corrected chi connectivity index (χ0v) is 18.9. The summed E-state index contributed by atoms with van der Waals surface area (Å²) in [6, 6.07) is 8.95. The second-order valence-corrected chi connectivity index (χ2v) is 7.81. The van der Waals surface area contributed by atoms with Gasteiger partial charge in [-0.15, -0.1) is 0 Å². The topological polar surface area (TPSA) is 93.8 Å². The van der Waals surface area contributed by atoms with E-state index in [2.05, 4.69) is 10.1 Å². The Kier molecular flexibility index (Phi) is 6.01. The molecule has 3 aromatic rings. The predicted molar refractivity (Wildman–Crippen MR) is 117 cm³/mol. The van der Waals surface area contributed by atoms with E-state index in [0.717, 1.165) is 11.0 Å². The number of furan rings is 1. The van der Waals surface area contributed by atoms with Crippen LogP contribution >= 0.6 is 0 Å². The van der Waals surface area contributed by atoms with Gasteiger partial charge in [0.2, 0.25) is 5.76 Å². The van der Waals surface area contributed by atoms with E-state index in [-0.39, 0.29) is 29.4 Å². The molecule has 3 heterocycles. The van der Waals surface area contributed by atoms with Gasteiger partial charge >= 0.3 is 18.2 Å².